The van der Waals surface area contributed by atoms with Gasteiger partial charge in [-0.05, 0) is 17.9 Å². The fraction of sp³-hybridized carbons (Fsp3) is 0.364. The Morgan fingerprint density at radius 1 is 1.62 bits per heavy atom. The Bertz CT molecular complexity index is 381. The number of carboxylic acids is 1. The fourth-order valence-electron chi connectivity index (χ4n) is 1.44. The van der Waals surface area contributed by atoms with Crippen LogP contribution in [0, 0.1) is 0 Å². The first-order valence-corrected chi connectivity index (χ1v) is 6.01. The van der Waals surface area contributed by atoms with Crippen molar-refractivity contribution in [2.24, 2.45) is 5.73 Å². The minimum absolute atomic E-state index is 0.271. The molecule has 3 N–H and O–H groups in total. The average molecular weight is 241 g/mol. The van der Waals surface area contributed by atoms with Crippen LogP contribution in [0.5, 0.6) is 5.75 Å². The average Bonchev–Trinajstić information content (AvgIpc) is 2.28. The number of hydrogen-bond donors (Lipinski definition) is 2. The summed E-state index contributed by atoms with van der Waals surface area (Å²) in [7, 11) is 1.57. The Morgan fingerprint density at radius 3 is 2.81 bits per heavy atom. The zero-order valence-corrected chi connectivity index (χ0v) is 10.1. The molecule has 0 spiro atoms. The number of thioether (sulfide) groups is 1. The largest absolute Gasteiger partial charge is 0.495 e. The van der Waals surface area contributed by atoms with Crippen LogP contribution in [-0.4, -0.2) is 30.5 Å². The SMILES string of the molecule is COc1c(CC(N)C(=O)O)cccc1SC. The van der Waals surface area contributed by atoms with Crippen LogP contribution in [-0.2, 0) is 11.2 Å². The van der Waals surface area contributed by atoms with Crippen molar-refractivity contribution in [3.63, 3.8) is 0 Å². The lowest BCUT2D eigenvalue weighted by Gasteiger charge is -2.13. The van der Waals surface area contributed by atoms with Crippen molar-refractivity contribution in [2.45, 2.75) is 17.4 Å². The van der Waals surface area contributed by atoms with E-state index in [1.165, 1.54) is 0 Å². The highest BCUT2D eigenvalue weighted by Gasteiger charge is 2.16. The molecule has 1 aromatic rings. The summed E-state index contributed by atoms with van der Waals surface area (Å²) >= 11 is 1.56. The van der Waals surface area contributed by atoms with E-state index in [1.54, 1.807) is 18.9 Å². The van der Waals surface area contributed by atoms with Gasteiger partial charge < -0.3 is 15.6 Å². The van der Waals surface area contributed by atoms with Gasteiger partial charge in [0.05, 0.1) is 7.11 Å². The Hall–Kier alpha value is -1.20. The highest BCUT2D eigenvalue weighted by atomic mass is 32.2. The molecule has 0 saturated heterocycles. The summed E-state index contributed by atoms with van der Waals surface area (Å²) in [5.41, 5.74) is 6.33. The lowest BCUT2D eigenvalue weighted by Crippen LogP contribution is -2.32. The zero-order valence-electron chi connectivity index (χ0n) is 9.27. The number of rotatable bonds is 5. The van der Waals surface area contributed by atoms with Crippen molar-refractivity contribution in [2.75, 3.05) is 13.4 Å². The molecule has 16 heavy (non-hydrogen) atoms. The van der Waals surface area contributed by atoms with Gasteiger partial charge in [-0.15, -0.1) is 11.8 Å². The predicted molar refractivity (Wildman–Crippen MR) is 64.1 cm³/mol. The van der Waals surface area contributed by atoms with Crippen LogP contribution >= 0.6 is 11.8 Å². The Morgan fingerprint density at radius 2 is 2.31 bits per heavy atom. The number of hydrogen-bond acceptors (Lipinski definition) is 4. The summed E-state index contributed by atoms with van der Waals surface area (Å²) < 4.78 is 5.28. The second-order valence-electron chi connectivity index (χ2n) is 3.30. The fourth-order valence-corrected chi connectivity index (χ4v) is 2.05. The quantitative estimate of drug-likeness (QED) is 0.762. The van der Waals surface area contributed by atoms with Crippen LogP contribution in [0.25, 0.3) is 0 Å². The molecular weight excluding hydrogens is 226 g/mol. The Balaban J connectivity index is 2.99. The number of aliphatic carboxylic acids is 1. The van der Waals surface area contributed by atoms with Crippen LogP contribution in [0.3, 0.4) is 0 Å². The molecule has 1 rings (SSSR count). The molecule has 0 saturated carbocycles. The molecule has 0 aromatic heterocycles. The molecule has 0 fully saturated rings. The highest BCUT2D eigenvalue weighted by molar-refractivity contribution is 7.98. The van der Waals surface area contributed by atoms with Crippen LogP contribution in [0.15, 0.2) is 23.1 Å². The molecule has 0 aliphatic heterocycles. The van der Waals surface area contributed by atoms with Crippen molar-refractivity contribution < 1.29 is 14.6 Å². The summed E-state index contributed by atoms with van der Waals surface area (Å²) in [5, 5.41) is 8.76. The first-order valence-electron chi connectivity index (χ1n) is 4.78. The third-order valence-corrected chi connectivity index (χ3v) is 3.00. The Labute approximate surface area is 98.8 Å². The van der Waals surface area contributed by atoms with E-state index in [0.717, 1.165) is 10.5 Å². The molecule has 1 unspecified atom stereocenters. The van der Waals surface area contributed by atoms with Crippen LogP contribution < -0.4 is 10.5 Å². The number of para-hydroxylation sites is 1. The van der Waals surface area contributed by atoms with Gasteiger partial charge in [0.15, 0.2) is 0 Å². The molecule has 88 valence electrons. The standard InChI is InChI=1S/C11H15NO3S/c1-15-10-7(6-8(12)11(13)14)4-3-5-9(10)16-2/h3-5,8H,6,12H2,1-2H3,(H,13,14). The lowest BCUT2D eigenvalue weighted by atomic mass is 10.1. The van der Waals surface area contributed by atoms with Crippen molar-refractivity contribution in [1.29, 1.82) is 0 Å². The van der Waals surface area contributed by atoms with Gasteiger partial charge in [0, 0.05) is 11.3 Å². The summed E-state index contributed by atoms with van der Waals surface area (Å²) in [5.74, 6) is -0.289. The maximum atomic E-state index is 10.7. The minimum atomic E-state index is -1.00. The predicted octanol–water partition coefficient (Wildman–Crippen LogP) is 1.37. The monoisotopic (exact) mass is 241 g/mol. The third-order valence-electron chi connectivity index (χ3n) is 2.24. The van der Waals surface area contributed by atoms with E-state index in [-0.39, 0.29) is 6.42 Å². The summed E-state index contributed by atoms with van der Waals surface area (Å²) in [6, 6.07) is 4.74. The smallest absolute Gasteiger partial charge is 0.320 e. The van der Waals surface area contributed by atoms with Gasteiger partial charge in [0.2, 0.25) is 0 Å². The number of carbonyl (C=O) groups is 1. The number of nitrogens with two attached hydrogens (primary N) is 1. The van der Waals surface area contributed by atoms with Crippen LogP contribution in [0.4, 0.5) is 0 Å². The maximum Gasteiger partial charge on any atom is 0.320 e. The normalized spacial score (nSPS) is 12.2. The molecule has 0 aliphatic rings. The molecule has 5 heteroatoms. The molecule has 0 heterocycles. The van der Waals surface area contributed by atoms with Crippen LogP contribution in [0.1, 0.15) is 5.56 Å². The number of ether oxygens (including phenoxy) is 1. The molecule has 0 amide bonds. The maximum absolute atomic E-state index is 10.7. The molecule has 4 nitrogen and oxygen atoms in total. The van der Waals surface area contributed by atoms with Crippen LogP contribution in [0.2, 0.25) is 0 Å². The van der Waals surface area contributed by atoms with E-state index in [4.69, 9.17) is 15.6 Å². The van der Waals surface area contributed by atoms with Gasteiger partial charge >= 0.3 is 5.97 Å². The Kier molecular flexibility index (Phi) is 4.64. The lowest BCUT2D eigenvalue weighted by molar-refractivity contribution is -0.138. The van der Waals surface area contributed by atoms with E-state index in [0.29, 0.717) is 5.75 Å². The molecule has 0 bridgehead atoms. The van der Waals surface area contributed by atoms with Gasteiger partial charge in [0.25, 0.3) is 0 Å². The number of methoxy groups -OCH3 is 1. The highest BCUT2D eigenvalue weighted by Crippen LogP contribution is 2.31. The second kappa shape index (κ2) is 5.77. The van der Waals surface area contributed by atoms with E-state index < -0.39 is 12.0 Å². The second-order valence-corrected chi connectivity index (χ2v) is 4.15. The summed E-state index contributed by atoms with van der Waals surface area (Å²) in [4.78, 5) is 11.7. The van der Waals surface area contributed by atoms with E-state index >= 15 is 0 Å². The number of benzene rings is 1. The topological polar surface area (TPSA) is 72.5 Å². The third kappa shape index (κ3) is 2.90. The molecule has 1 atom stereocenters. The van der Waals surface area contributed by atoms with E-state index in [9.17, 15) is 4.79 Å². The van der Waals surface area contributed by atoms with Crippen molar-refractivity contribution in [1.82, 2.24) is 0 Å². The van der Waals surface area contributed by atoms with E-state index in [1.807, 2.05) is 24.5 Å². The van der Waals surface area contributed by atoms with Gasteiger partial charge in [0.1, 0.15) is 11.8 Å². The van der Waals surface area contributed by atoms with E-state index in [2.05, 4.69) is 0 Å². The van der Waals surface area contributed by atoms with Gasteiger partial charge in [-0.3, -0.25) is 4.79 Å². The molecule has 1 aromatic carbocycles. The summed E-state index contributed by atoms with van der Waals surface area (Å²) in [6.45, 7) is 0. The first-order chi connectivity index (χ1) is 7.60. The minimum Gasteiger partial charge on any atom is -0.495 e. The molecular formula is C11H15NO3S. The number of carboxylic acid groups (broad SMARTS) is 1. The zero-order chi connectivity index (χ0) is 12.1. The first kappa shape index (κ1) is 12.9. The van der Waals surface area contributed by atoms with Crippen molar-refractivity contribution in [3.05, 3.63) is 23.8 Å². The van der Waals surface area contributed by atoms with Crippen molar-refractivity contribution >= 4 is 17.7 Å². The van der Waals surface area contributed by atoms with Crippen molar-refractivity contribution in [3.8, 4) is 5.75 Å². The summed E-state index contributed by atoms with van der Waals surface area (Å²) in [6.07, 6.45) is 2.21. The van der Waals surface area contributed by atoms with Gasteiger partial charge in [-0.2, -0.15) is 0 Å². The van der Waals surface area contributed by atoms with Gasteiger partial charge in [-0.1, -0.05) is 12.1 Å². The molecule has 0 aliphatic carbocycles. The van der Waals surface area contributed by atoms with Gasteiger partial charge in [-0.25, -0.2) is 0 Å². The molecule has 0 radical (unpaired) electrons.